The third-order valence-electron chi connectivity index (χ3n) is 4.88. The van der Waals surface area contributed by atoms with Crippen molar-refractivity contribution in [3.63, 3.8) is 0 Å². The third kappa shape index (κ3) is 12.5. The molecular formula is C20H32N3O11PS. The van der Waals surface area contributed by atoms with Crippen LogP contribution in [0.5, 0.6) is 0 Å². The van der Waals surface area contributed by atoms with Gasteiger partial charge in [0, 0.05) is 37.9 Å². The number of aliphatic hydroxyl groups excluding tert-OH is 1. The summed E-state index contributed by atoms with van der Waals surface area (Å²) >= 11 is 0. The number of nitrogens with one attached hydrogen (secondary N) is 3. The molecule has 1 aromatic rings. The summed E-state index contributed by atoms with van der Waals surface area (Å²) in [6.07, 6.45) is -1.33. The highest BCUT2D eigenvalue weighted by molar-refractivity contribution is 7.85. The topological polar surface area (TPSA) is 229 Å². The van der Waals surface area contributed by atoms with Gasteiger partial charge in [0.2, 0.25) is 17.7 Å². The van der Waals surface area contributed by atoms with Gasteiger partial charge in [-0.2, -0.15) is 8.42 Å². The smallest absolute Gasteiger partial charge is 0.383 e. The molecule has 7 N–H and O–H groups in total. The van der Waals surface area contributed by atoms with Gasteiger partial charge in [0.25, 0.3) is 10.1 Å². The number of hydrogen-bond donors (Lipinski definition) is 7. The number of rotatable bonds is 15. The first kappa shape index (κ1) is 31.6. The van der Waals surface area contributed by atoms with Gasteiger partial charge < -0.3 is 30.8 Å². The lowest BCUT2D eigenvalue weighted by Crippen LogP contribution is -2.46. The van der Waals surface area contributed by atoms with E-state index in [9.17, 15) is 32.5 Å². The standard InChI is InChI=1S/C20H32N3O11PS/c1-20(2,13-34-35(28,29)30)18(26)19(27)23-12-9-17(25)22-11-8-16(24)21-10-7-14-3-5-15(6-4-14)36(31,32)33/h3-6,18,26H,7-13H2,1-2H3,(H,21,24)(H,22,25)(H,23,27)(H2,28,29,30)(H,31,32,33)/t18-/m0/s1. The molecule has 204 valence electrons. The van der Waals surface area contributed by atoms with E-state index >= 15 is 0 Å². The zero-order valence-electron chi connectivity index (χ0n) is 19.8. The van der Waals surface area contributed by atoms with Crippen molar-refractivity contribution in [3.8, 4) is 0 Å². The van der Waals surface area contributed by atoms with E-state index in [0.29, 0.717) is 6.42 Å². The predicted molar refractivity (Wildman–Crippen MR) is 126 cm³/mol. The van der Waals surface area contributed by atoms with Gasteiger partial charge in [-0.3, -0.25) is 23.5 Å². The van der Waals surface area contributed by atoms with E-state index in [1.807, 2.05) is 0 Å². The minimum atomic E-state index is -4.76. The summed E-state index contributed by atoms with van der Waals surface area (Å²) in [5.41, 5.74) is -0.550. The number of amides is 3. The Morgan fingerprint density at radius 2 is 1.47 bits per heavy atom. The number of benzene rings is 1. The van der Waals surface area contributed by atoms with E-state index in [4.69, 9.17) is 14.3 Å². The fraction of sp³-hybridized carbons (Fsp3) is 0.550. The monoisotopic (exact) mass is 553 g/mol. The Balaban J connectivity index is 2.23. The summed E-state index contributed by atoms with van der Waals surface area (Å²) in [5, 5.41) is 17.6. The fourth-order valence-electron chi connectivity index (χ4n) is 2.75. The van der Waals surface area contributed by atoms with E-state index < -0.39 is 47.9 Å². The van der Waals surface area contributed by atoms with E-state index in [0.717, 1.165) is 5.56 Å². The zero-order chi connectivity index (χ0) is 27.6. The largest absolute Gasteiger partial charge is 0.469 e. The molecule has 0 unspecified atom stereocenters. The van der Waals surface area contributed by atoms with Crippen LogP contribution >= 0.6 is 7.82 Å². The highest BCUT2D eigenvalue weighted by Gasteiger charge is 2.35. The van der Waals surface area contributed by atoms with Crippen molar-refractivity contribution >= 4 is 35.7 Å². The van der Waals surface area contributed by atoms with Crippen molar-refractivity contribution in [2.45, 2.75) is 44.1 Å². The van der Waals surface area contributed by atoms with Crippen LogP contribution in [0.4, 0.5) is 0 Å². The molecule has 0 saturated carbocycles. The Kier molecular flexibility index (Phi) is 12.1. The highest BCUT2D eigenvalue weighted by atomic mass is 32.2. The van der Waals surface area contributed by atoms with E-state index in [1.54, 1.807) is 0 Å². The second-order valence-electron chi connectivity index (χ2n) is 8.52. The molecule has 0 fully saturated rings. The molecule has 1 atom stereocenters. The van der Waals surface area contributed by atoms with Crippen molar-refractivity contribution in [1.82, 2.24) is 16.0 Å². The van der Waals surface area contributed by atoms with E-state index in [2.05, 4.69) is 20.5 Å². The summed E-state index contributed by atoms with van der Waals surface area (Å²) in [7, 11) is -9.02. The summed E-state index contributed by atoms with van der Waals surface area (Å²) in [4.78, 5) is 53.0. The first-order chi connectivity index (χ1) is 16.5. The molecule has 0 saturated heterocycles. The van der Waals surface area contributed by atoms with Gasteiger partial charge in [-0.15, -0.1) is 0 Å². The second-order valence-corrected chi connectivity index (χ2v) is 11.2. The molecular weight excluding hydrogens is 521 g/mol. The Bertz CT molecular complexity index is 1060. The predicted octanol–water partition coefficient (Wildman–Crippen LogP) is -0.899. The number of carbonyl (C=O) groups is 3. The van der Waals surface area contributed by atoms with Gasteiger partial charge in [0.05, 0.1) is 11.5 Å². The fourth-order valence-corrected chi connectivity index (χ4v) is 3.73. The summed E-state index contributed by atoms with van der Waals surface area (Å²) < 4.78 is 46.1. The lowest BCUT2D eigenvalue weighted by molar-refractivity contribution is -0.137. The van der Waals surface area contributed by atoms with Crippen molar-refractivity contribution in [1.29, 1.82) is 0 Å². The molecule has 0 aliphatic rings. The van der Waals surface area contributed by atoms with Crippen LogP contribution in [-0.2, 0) is 40.0 Å². The molecule has 0 bridgehead atoms. The van der Waals surface area contributed by atoms with Gasteiger partial charge in [0.15, 0.2) is 0 Å². The van der Waals surface area contributed by atoms with Gasteiger partial charge in [-0.05, 0) is 24.1 Å². The first-order valence-electron chi connectivity index (χ1n) is 10.8. The summed E-state index contributed by atoms with van der Waals surface area (Å²) in [5.74, 6) is -1.60. The Morgan fingerprint density at radius 3 is 1.97 bits per heavy atom. The molecule has 36 heavy (non-hydrogen) atoms. The average molecular weight is 554 g/mol. The van der Waals surface area contributed by atoms with Crippen LogP contribution < -0.4 is 16.0 Å². The number of carbonyl (C=O) groups excluding carboxylic acids is 3. The molecule has 0 spiro atoms. The van der Waals surface area contributed by atoms with Crippen LogP contribution in [-0.4, -0.2) is 77.9 Å². The molecule has 0 aromatic heterocycles. The highest BCUT2D eigenvalue weighted by Crippen LogP contribution is 2.38. The van der Waals surface area contributed by atoms with Crippen LogP contribution in [0.25, 0.3) is 0 Å². The molecule has 3 amide bonds. The van der Waals surface area contributed by atoms with Crippen LogP contribution in [0.2, 0.25) is 0 Å². The van der Waals surface area contributed by atoms with Crippen molar-refractivity contribution in [2.24, 2.45) is 5.41 Å². The summed E-state index contributed by atoms with van der Waals surface area (Å²) in [6, 6.07) is 5.55. The third-order valence-corrected chi connectivity index (χ3v) is 6.21. The van der Waals surface area contributed by atoms with E-state index in [1.165, 1.54) is 38.1 Å². The van der Waals surface area contributed by atoms with Gasteiger partial charge >= 0.3 is 7.82 Å². The molecule has 0 heterocycles. The molecule has 1 rings (SSSR count). The Morgan fingerprint density at radius 1 is 0.972 bits per heavy atom. The molecule has 0 aliphatic heterocycles. The van der Waals surface area contributed by atoms with Gasteiger partial charge in [-0.25, -0.2) is 4.57 Å². The molecule has 16 heteroatoms. The van der Waals surface area contributed by atoms with Crippen LogP contribution in [0.1, 0.15) is 32.3 Å². The number of phosphoric ester groups is 1. The minimum Gasteiger partial charge on any atom is -0.383 e. The minimum absolute atomic E-state index is 0.00622. The lowest BCUT2D eigenvalue weighted by Gasteiger charge is -2.29. The normalized spacial score (nSPS) is 13.1. The Hall–Kier alpha value is -2.39. The molecule has 0 radical (unpaired) electrons. The van der Waals surface area contributed by atoms with Crippen molar-refractivity contribution < 1.29 is 51.3 Å². The maximum absolute atomic E-state index is 12.0. The van der Waals surface area contributed by atoms with E-state index in [-0.39, 0.29) is 43.3 Å². The molecule has 1 aromatic carbocycles. The second kappa shape index (κ2) is 13.8. The summed E-state index contributed by atoms with van der Waals surface area (Å²) in [6.45, 7) is 2.40. The molecule has 0 aliphatic carbocycles. The number of hydrogen-bond acceptors (Lipinski definition) is 8. The number of phosphoric acid groups is 1. The van der Waals surface area contributed by atoms with Crippen LogP contribution in [0.15, 0.2) is 29.2 Å². The van der Waals surface area contributed by atoms with Crippen LogP contribution in [0, 0.1) is 5.41 Å². The first-order valence-corrected chi connectivity index (χ1v) is 13.7. The van der Waals surface area contributed by atoms with Crippen molar-refractivity contribution in [2.75, 3.05) is 26.2 Å². The quantitative estimate of drug-likeness (QED) is 0.104. The maximum atomic E-state index is 12.0. The lowest BCUT2D eigenvalue weighted by atomic mass is 9.87. The Labute approximate surface area is 208 Å². The SMILES string of the molecule is CC(C)(COP(=O)(O)O)[C@@H](O)C(=O)NCCC(=O)NCCC(=O)NCCc1ccc(S(=O)(=O)O)cc1. The van der Waals surface area contributed by atoms with Gasteiger partial charge in [0.1, 0.15) is 6.10 Å². The number of aliphatic hydroxyl groups is 1. The van der Waals surface area contributed by atoms with Crippen molar-refractivity contribution in [3.05, 3.63) is 29.8 Å². The maximum Gasteiger partial charge on any atom is 0.469 e. The molecule has 14 nitrogen and oxygen atoms in total. The zero-order valence-corrected chi connectivity index (χ0v) is 21.5. The average Bonchev–Trinajstić information content (AvgIpc) is 2.76. The van der Waals surface area contributed by atoms with Crippen LogP contribution in [0.3, 0.4) is 0 Å². The van der Waals surface area contributed by atoms with Gasteiger partial charge in [-0.1, -0.05) is 26.0 Å².